The van der Waals surface area contributed by atoms with Crippen molar-refractivity contribution in [2.45, 2.75) is 71.8 Å². The highest BCUT2D eigenvalue weighted by molar-refractivity contribution is 5.76. The zero-order valence-electron chi connectivity index (χ0n) is 12.0. The summed E-state index contributed by atoms with van der Waals surface area (Å²) in [5.41, 5.74) is -2.98. The van der Waals surface area contributed by atoms with Crippen molar-refractivity contribution in [2.75, 3.05) is 0 Å². The molecule has 0 heterocycles. The van der Waals surface area contributed by atoms with E-state index in [1.165, 1.54) is 0 Å². The SMILES string of the molecule is CCC(C)(C)C(=O)OC(C)(C)C(F)(F)CCC(F)F. The highest BCUT2D eigenvalue weighted by atomic mass is 19.3. The van der Waals surface area contributed by atoms with Gasteiger partial charge in [0.2, 0.25) is 6.43 Å². The molecule has 6 heteroatoms. The van der Waals surface area contributed by atoms with E-state index in [4.69, 9.17) is 4.74 Å². The maximum Gasteiger partial charge on any atom is 0.312 e. The predicted molar refractivity (Wildman–Crippen MR) is 64.4 cm³/mol. The number of esters is 1. The molecule has 0 aliphatic carbocycles. The van der Waals surface area contributed by atoms with E-state index in [1.807, 2.05) is 0 Å². The van der Waals surface area contributed by atoms with E-state index < -0.39 is 42.2 Å². The lowest BCUT2D eigenvalue weighted by molar-refractivity contribution is -0.212. The Hall–Kier alpha value is -0.810. The van der Waals surface area contributed by atoms with Crippen molar-refractivity contribution in [3.8, 4) is 0 Å². The van der Waals surface area contributed by atoms with Crippen LogP contribution in [0.25, 0.3) is 0 Å². The Morgan fingerprint density at radius 1 is 1.16 bits per heavy atom. The van der Waals surface area contributed by atoms with Gasteiger partial charge in [-0.3, -0.25) is 4.79 Å². The summed E-state index contributed by atoms with van der Waals surface area (Å²) in [7, 11) is 0. The van der Waals surface area contributed by atoms with Crippen LogP contribution in [0.4, 0.5) is 17.6 Å². The lowest BCUT2D eigenvalue weighted by atomic mass is 9.89. The van der Waals surface area contributed by atoms with Crippen molar-refractivity contribution in [2.24, 2.45) is 5.41 Å². The van der Waals surface area contributed by atoms with Crippen LogP contribution in [-0.2, 0) is 9.53 Å². The normalized spacial score (nSPS) is 13.8. The number of carbonyl (C=O) groups excluding carboxylic acids is 1. The quantitative estimate of drug-likeness (QED) is 0.511. The van der Waals surface area contributed by atoms with Gasteiger partial charge in [0.05, 0.1) is 5.41 Å². The van der Waals surface area contributed by atoms with Gasteiger partial charge >= 0.3 is 5.97 Å². The van der Waals surface area contributed by atoms with Gasteiger partial charge in [0.1, 0.15) is 0 Å². The average Bonchev–Trinajstić information content (AvgIpc) is 2.25. The van der Waals surface area contributed by atoms with E-state index in [-0.39, 0.29) is 0 Å². The third kappa shape index (κ3) is 4.99. The highest BCUT2D eigenvalue weighted by Gasteiger charge is 2.50. The topological polar surface area (TPSA) is 26.3 Å². The van der Waals surface area contributed by atoms with Crippen molar-refractivity contribution in [3.05, 3.63) is 0 Å². The molecule has 0 amide bonds. The molecule has 19 heavy (non-hydrogen) atoms. The van der Waals surface area contributed by atoms with Crippen LogP contribution in [0, 0.1) is 5.41 Å². The lowest BCUT2D eigenvalue weighted by Gasteiger charge is -2.36. The molecule has 0 rings (SSSR count). The number of ether oxygens (including phenoxy) is 1. The Bertz CT molecular complexity index is 312. The number of hydrogen-bond acceptors (Lipinski definition) is 2. The summed E-state index contributed by atoms with van der Waals surface area (Å²) in [6, 6.07) is 0. The fraction of sp³-hybridized carbons (Fsp3) is 0.923. The number of alkyl halides is 4. The van der Waals surface area contributed by atoms with Crippen LogP contribution >= 0.6 is 0 Å². The fourth-order valence-electron chi connectivity index (χ4n) is 1.18. The zero-order chi connectivity index (χ0) is 15.5. The molecule has 0 saturated heterocycles. The second-order valence-corrected chi connectivity index (χ2v) is 5.77. The molecule has 0 unspecified atom stereocenters. The number of hydrogen-bond donors (Lipinski definition) is 0. The van der Waals surface area contributed by atoms with Crippen molar-refractivity contribution >= 4 is 5.97 Å². The van der Waals surface area contributed by atoms with E-state index >= 15 is 0 Å². The molecule has 0 aliphatic heterocycles. The summed E-state index contributed by atoms with van der Waals surface area (Å²) in [6.45, 7) is 7.00. The average molecular weight is 286 g/mol. The summed E-state index contributed by atoms with van der Waals surface area (Å²) < 4.78 is 56.5. The minimum Gasteiger partial charge on any atom is -0.453 e. The monoisotopic (exact) mass is 286 g/mol. The summed E-state index contributed by atoms with van der Waals surface area (Å²) >= 11 is 0. The third-order valence-electron chi connectivity index (χ3n) is 3.34. The largest absolute Gasteiger partial charge is 0.453 e. The Morgan fingerprint density at radius 3 is 2.00 bits per heavy atom. The molecule has 0 atom stereocenters. The van der Waals surface area contributed by atoms with E-state index in [9.17, 15) is 22.4 Å². The zero-order valence-corrected chi connectivity index (χ0v) is 12.0. The molecule has 2 nitrogen and oxygen atoms in total. The van der Waals surface area contributed by atoms with Crippen molar-refractivity contribution in [3.63, 3.8) is 0 Å². The fourth-order valence-corrected chi connectivity index (χ4v) is 1.18. The smallest absolute Gasteiger partial charge is 0.312 e. The summed E-state index contributed by atoms with van der Waals surface area (Å²) in [6.07, 6.45) is -4.31. The van der Waals surface area contributed by atoms with Crippen molar-refractivity contribution < 1.29 is 27.1 Å². The van der Waals surface area contributed by atoms with E-state index in [0.29, 0.717) is 6.42 Å². The number of rotatable bonds is 7. The van der Waals surface area contributed by atoms with E-state index in [1.54, 1.807) is 20.8 Å². The predicted octanol–water partition coefficient (Wildman–Crippen LogP) is 4.43. The maximum absolute atomic E-state index is 13.8. The van der Waals surface area contributed by atoms with Crippen LogP contribution in [0.3, 0.4) is 0 Å². The van der Waals surface area contributed by atoms with Gasteiger partial charge in [-0.15, -0.1) is 0 Å². The van der Waals surface area contributed by atoms with Gasteiger partial charge in [0.15, 0.2) is 5.60 Å². The second-order valence-electron chi connectivity index (χ2n) is 5.77. The first-order chi connectivity index (χ1) is 8.35. The standard InChI is InChI=1S/C13H22F4O2/c1-6-11(2,3)10(18)19-12(4,5)13(16,17)8-7-9(14)15/h9H,6-8H2,1-5H3. The molecule has 0 aromatic heterocycles. The molecule has 0 spiro atoms. The molecule has 0 aliphatic rings. The van der Waals surface area contributed by atoms with Gasteiger partial charge in [-0.1, -0.05) is 6.92 Å². The molecular weight excluding hydrogens is 264 g/mol. The number of carbonyl (C=O) groups is 1. The molecular formula is C13H22F4O2. The van der Waals surface area contributed by atoms with Crippen LogP contribution in [0.2, 0.25) is 0 Å². The van der Waals surface area contributed by atoms with Crippen LogP contribution in [-0.4, -0.2) is 23.9 Å². The van der Waals surface area contributed by atoms with Gasteiger partial charge in [-0.05, 0) is 34.1 Å². The van der Waals surface area contributed by atoms with Gasteiger partial charge in [-0.25, -0.2) is 17.6 Å². The van der Waals surface area contributed by atoms with E-state index in [0.717, 1.165) is 13.8 Å². The van der Waals surface area contributed by atoms with Gasteiger partial charge < -0.3 is 4.74 Å². The van der Waals surface area contributed by atoms with Gasteiger partial charge in [0, 0.05) is 12.8 Å². The lowest BCUT2D eigenvalue weighted by Crippen LogP contribution is -2.48. The minimum absolute atomic E-state index is 0.435. The van der Waals surface area contributed by atoms with Gasteiger partial charge in [0.25, 0.3) is 5.92 Å². The molecule has 114 valence electrons. The highest BCUT2D eigenvalue weighted by Crippen LogP contribution is 2.38. The number of halogens is 4. The Morgan fingerprint density at radius 2 is 1.63 bits per heavy atom. The van der Waals surface area contributed by atoms with Crippen LogP contribution in [0.5, 0.6) is 0 Å². The van der Waals surface area contributed by atoms with E-state index in [2.05, 4.69) is 0 Å². The molecule has 0 N–H and O–H groups in total. The molecule has 0 bridgehead atoms. The van der Waals surface area contributed by atoms with Gasteiger partial charge in [-0.2, -0.15) is 0 Å². The van der Waals surface area contributed by atoms with Crippen molar-refractivity contribution in [1.82, 2.24) is 0 Å². The Labute approximate surface area is 111 Å². The Kier molecular flexibility index (Phi) is 5.83. The maximum atomic E-state index is 13.8. The summed E-state index contributed by atoms with van der Waals surface area (Å²) in [5, 5.41) is 0. The molecule has 0 aromatic carbocycles. The van der Waals surface area contributed by atoms with Crippen LogP contribution in [0.1, 0.15) is 53.9 Å². The third-order valence-corrected chi connectivity index (χ3v) is 3.34. The molecule has 0 aromatic rings. The molecule has 0 fully saturated rings. The van der Waals surface area contributed by atoms with Crippen LogP contribution in [0.15, 0.2) is 0 Å². The summed E-state index contributed by atoms with van der Waals surface area (Å²) in [5.74, 6) is -4.25. The molecule has 0 saturated carbocycles. The molecule has 0 radical (unpaired) electrons. The Balaban J connectivity index is 4.82. The first-order valence-electron chi connectivity index (χ1n) is 6.25. The first-order valence-corrected chi connectivity index (χ1v) is 6.25. The first kappa shape index (κ1) is 18.2. The van der Waals surface area contributed by atoms with Crippen LogP contribution < -0.4 is 0 Å². The summed E-state index contributed by atoms with van der Waals surface area (Å²) in [4.78, 5) is 11.8. The second kappa shape index (κ2) is 6.09. The van der Waals surface area contributed by atoms with Crippen molar-refractivity contribution in [1.29, 1.82) is 0 Å². The minimum atomic E-state index is -3.50.